The fraction of sp³-hybridized carbons (Fsp3) is 0.391. The molecule has 0 radical (unpaired) electrons. The number of fused-ring (bicyclic) bond motifs is 1. The number of nitrogens with zero attached hydrogens (tertiary/aromatic N) is 1. The Bertz CT molecular complexity index is 857. The first-order valence-corrected chi connectivity index (χ1v) is 9.63. The molecule has 1 aliphatic rings. The lowest BCUT2D eigenvalue weighted by Crippen LogP contribution is -2.40. The van der Waals surface area contributed by atoms with E-state index in [9.17, 15) is 9.59 Å². The van der Waals surface area contributed by atoms with Gasteiger partial charge in [0.05, 0.1) is 12.5 Å². The fourth-order valence-electron chi connectivity index (χ4n) is 3.96. The largest absolute Gasteiger partial charge is 0.335 e. The van der Waals surface area contributed by atoms with Crippen LogP contribution in [0.5, 0.6) is 0 Å². The molecular formula is C23H28N2O2. The number of amides is 2. The maximum atomic E-state index is 12.9. The minimum absolute atomic E-state index is 0.0149. The van der Waals surface area contributed by atoms with Crippen LogP contribution in [0.3, 0.4) is 0 Å². The van der Waals surface area contributed by atoms with Crippen molar-refractivity contribution < 1.29 is 9.59 Å². The average molecular weight is 364 g/mol. The van der Waals surface area contributed by atoms with Crippen LogP contribution in [0.15, 0.2) is 42.5 Å². The lowest BCUT2D eigenvalue weighted by atomic mass is 9.90. The maximum Gasteiger partial charge on any atom is 0.226 e. The molecule has 1 aliphatic heterocycles. The van der Waals surface area contributed by atoms with Gasteiger partial charge in [0.25, 0.3) is 0 Å². The molecule has 0 aromatic heterocycles. The van der Waals surface area contributed by atoms with Gasteiger partial charge < -0.3 is 10.2 Å². The minimum Gasteiger partial charge on any atom is -0.335 e. The van der Waals surface area contributed by atoms with Crippen molar-refractivity contribution in [3.05, 3.63) is 64.7 Å². The summed E-state index contributed by atoms with van der Waals surface area (Å²) in [6, 6.07) is 14.0. The van der Waals surface area contributed by atoms with Gasteiger partial charge in [-0.15, -0.1) is 0 Å². The second-order valence-corrected chi connectivity index (χ2v) is 7.62. The predicted molar refractivity (Wildman–Crippen MR) is 109 cm³/mol. The third-order valence-electron chi connectivity index (χ3n) is 5.39. The summed E-state index contributed by atoms with van der Waals surface area (Å²) in [5.74, 6) is 0.282. The lowest BCUT2D eigenvalue weighted by Gasteiger charge is -2.36. The van der Waals surface area contributed by atoms with E-state index >= 15 is 0 Å². The zero-order valence-corrected chi connectivity index (χ0v) is 16.6. The molecular weight excluding hydrogens is 336 g/mol. The van der Waals surface area contributed by atoms with Gasteiger partial charge in [0.2, 0.25) is 11.8 Å². The number of hydrogen-bond acceptors (Lipinski definition) is 2. The Morgan fingerprint density at radius 1 is 1.15 bits per heavy atom. The molecule has 4 nitrogen and oxygen atoms in total. The highest BCUT2D eigenvalue weighted by molar-refractivity contribution is 5.93. The molecule has 0 saturated heterocycles. The van der Waals surface area contributed by atoms with E-state index < -0.39 is 0 Å². The van der Waals surface area contributed by atoms with Gasteiger partial charge in [-0.25, -0.2) is 0 Å². The molecule has 0 saturated carbocycles. The highest BCUT2D eigenvalue weighted by atomic mass is 16.2. The van der Waals surface area contributed by atoms with E-state index in [-0.39, 0.29) is 24.3 Å². The van der Waals surface area contributed by atoms with Crippen LogP contribution in [0.25, 0.3) is 0 Å². The number of rotatable bonds is 4. The second-order valence-electron chi connectivity index (χ2n) is 7.62. The lowest BCUT2D eigenvalue weighted by molar-refractivity contribution is -0.132. The van der Waals surface area contributed by atoms with Gasteiger partial charge in [-0.1, -0.05) is 56.3 Å². The van der Waals surface area contributed by atoms with Crippen molar-refractivity contribution in [2.75, 3.05) is 11.9 Å². The SMILES string of the molecule is CC(=O)N1CCc2ccccc2C1CC(=O)Nc1c(C)cccc1C(C)C. The van der Waals surface area contributed by atoms with E-state index in [1.807, 2.05) is 42.2 Å². The molecule has 2 aromatic rings. The number of hydrogen-bond donors (Lipinski definition) is 1. The van der Waals surface area contributed by atoms with Crippen LogP contribution in [0.2, 0.25) is 0 Å². The summed E-state index contributed by atoms with van der Waals surface area (Å²) in [7, 11) is 0. The molecule has 2 amide bonds. The zero-order chi connectivity index (χ0) is 19.6. The number of aryl methyl sites for hydroxylation is 1. The van der Waals surface area contributed by atoms with Crippen molar-refractivity contribution in [2.24, 2.45) is 0 Å². The first kappa shape index (κ1) is 19.2. The molecule has 142 valence electrons. The third-order valence-corrected chi connectivity index (χ3v) is 5.39. The summed E-state index contributed by atoms with van der Waals surface area (Å²) in [5, 5.41) is 3.12. The molecule has 27 heavy (non-hydrogen) atoms. The van der Waals surface area contributed by atoms with Gasteiger partial charge in [0.1, 0.15) is 0 Å². The Morgan fingerprint density at radius 3 is 2.59 bits per heavy atom. The number of carbonyl (C=O) groups is 2. The van der Waals surface area contributed by atoms with E-state index in [1.54, 1.807) is 6.92 Å². The molecule has 1 N–H and O–H groups in total. The first-order chi connectivity index (χ1) is 12.9. The van der Waals surface area contributed by atoms with Crippen molar-refractivity contribution in [3.8, 4) is 0 Å². The zero-order valence-electron chi connectivity index (χ0n) is 16.6. The van der Waals surface area contributed by atoms with Crippen molar-refractivity contribution in [1.82, 2.24) is 4.90 Å². The molecule has 0 fully saturated rings. The summed E-state index contributed by atoms with van der Waals surface area (Å²) in [6.45, 7) is 8.50. The molecule has 1 atom stereocenters. The number of anilines is 1. The summed E-state index contributed by atoms with van der Waals surface area (Å²) in [6.07, 6.45) is 1.10. The maximum absolute atomic E-state index is 12.9. The van der Waals surface area contributed by atoms with Gasteiger partial charge in [-0.2, -0.15) is 0 Å². The average Bonchev–Trinajstić information content (AvgIpc) is 2.63. The highest BCUT2D eigenvalue weighted by Gasteiger charge is 2.30. The van der Waals surface area contributed by atoms with Crippen LogP contribution in [0.4, 0.5) is 5.69 Å². The van der Waals surface area contributed by atoms with Crippen LogP contribution < -0.4 is 5.32 Å². The van der Waals surface area contributed by atoms with Crippen molar-refractivity contribution in [1.29, 1.82) is 0 Å². The minimum atomic E-state index is -0.209. The van der Waals surface area contributed by atoms with Gasteiger partial charge in [-0.05, 0) is 41.5 Å². The Labute approximate surface area is 161 Å². The molecule has 2 aromatic carbocycles. The number of para-hydroxylation sites is 1. The van der Waals surface area contributed by atoms with E-state index in [1.165, 1.54) is 5.56 Å². The Hall–Kier alpha value is -2.62. The quantitative estimate of drug-likeness (QED) is 0.862. The highest BCUT2D eigenvalue weighted by Crippen LogP contribution is 2.33. The normalized spacial score (nSPS) is 16.2. The third kappa shape index (κ3) is 4.05. The van der Waals surface area contributed by atoms with E-state index in [4.69, 9.17) is 0 Å². The topological polar surface area (TPSA) is 49.4 Å². The van der Waals surface area contributed by atoms with Crippen molar-refractivity contribution >= 4 is 17.5 Å². The second kappa shape index (κ2) is 7.95. The monoisotopic (exact) mass is 364 g/mol. The standard InChI is InChI=1S/C23H28N2O2/c1-15(2)19-11-7-8-16(3)23(19)24-22(27)14-21-20-10-6-5-9-18(20)12-13-25(21)17(4)26/h5-11,15,21H,12-14H2,1-4H3,(H,24,27). The van der Waals surface area contributed by atoms with Gasteiger partial charge >= 0.3 is 0 Å². The number of nitrogens with one attached hydrogen (secondary N) is 1. The number of benzene rings is 2. The van der Waals surface area contributed by atoms with Gasteiger partial charge in [0, 0.05) is 19.2 Å². The summed E-state index contributed by atoms with van der Waals surface area (Å²) in [5.41, 5.74) is 5.41. The fourth-order valence-corrected chi connectivity index (χ4v) is 3.96. The number of carbonyl (C=O) groups excluding carboxylic acids is 2. The molecule has 0 bridgehead atoms. The Kier molecular flexibility index (Phi) is 5.64. The van der Waals surface area contributed by atoms with E-state index in [0.717, 1.165) is 28.8 Å². The van der Waals surface area contributed by atoms with Crippen LogP contribution in [0, 0.1) is 6.92 Å². The Balaban J connectivity index is 1.86. The van der Waals surface area contributed by atoms with E-state index in [0.29, 0.717) is 12.5 Å². The molecule has 0 aliphatic carbocycles. The van der Waals surface area contributed by atoms with Crippen LogP contribution in [0.1, 0.15) is 61.4 Å². The van der Waals surface area contributed by atoms with Gasteiger partial charge in [-0.3, -0.25) is 9.59 Å². The summed E-state index contributed by atoms with van der Waals surface area (Å²) in [4.78, 5) is 26.9. The summed E-state index contributed by atoms with van der Waals surface area (Å²) >= 11 is 0. The molecule has 4 heteroatoms. The van der Waals surface area contributed by atoms with Gasteiger partial charge in [0.15, 0.2) is 0 Å². The van der Waals surface area contributed by atoms with Crippen LogP contribution >= 0.6 is 0 Å². The predicted octanol–water partition coefficient (Wildman–Crippen LogP) is 4.59. The molecule has 3 rings (SSSR count). The Morgan fingerprint density at radius 2 is 1.89 bits per heavy atom. The summed E-state index contributed by atoms with van der Waals surface area (Å²) < 4.78 is 0. The molecule has 0 spiro atoms. The van der Waals surface area contributed by atoms with Crippen molar-refractivity contribution in [2.45, 2.75) is 52.5 Å². The van der Waals surface area contributed by atoms with Crippen LogP contribution in [-0.2, 0) is 16.0 Å². The molecule has 1 unspecified atom stereocenters. The smallest absolute Gasteiger partial charge is 0.226 e. The first-order valence-electron chi connectivity index (χ1n) is 9.63. The van der Waals surface area contributed by atoms with E-state index in [2.05, 4.69) is 31.3 Å². The van der Waals surface area contributed by atoms with Crippen molar-refractivity contribution in [3.63, 3.8) is 0 Å². The van der Waals surface area contributed by atoms with Crippen LogP contribution in [-0.4, -0.2) is 23.3 Å². The molecule has 1 heterocycles.